The molecule has 3 amide bonds. The fourth-order valence-corrected chi connectivity index (χ4v) is 5.39. The number of unbranched alkanes of at least 4 members (excludes halogenated alkanes) is 2. The smallest absolute Gasteiger partial charge is 0.408 e. The van der Waals surface area contributed by atoms with Gasteiger partial charge in [-0.25, -0.2) is 18.6 Å². The molecule has 0 unspecified atom stereocenters. The number of nitrogens with zero attached hydrogens (tertiary/aromatic N) is 4. The Labute approximate surface area is 256 Å². The number of carboxylic acid groups (broad SMARTS) is 1. The van der Waals surface area contributed by atoms with Crippen molar-refractivity contribution in [2.75, 3.05) is 18.4 Å². The van der Waals surface area contributed by atoms with Crippen LogP contribution in [0, 0.1) is 11.6 Å². The number of imidazole rings is 1. The second-order valence-electron chi connectivity index (χ2n) is 11.9. The Bertz CT molecular complexity index is 1480. The summed E-state index contributed by atoms with van der Waals surface area (Å²) in [6.07, 6.45) is 1.11. The number of amides is 3. The Morgan fingerprint density at radius 2 is 1.77 bits per heavy atom. The molecule has 2 heterocycles. The van der Waals surface area contributed by atoms with E-state index in [2.05, 4.69) is 17.6 Å². The number of rotatable bonds is 11. The van der Waals surface area contributed by atoms with Crippen molar-refractivity contribution in [1.82, 2.24) is 24.7 Å². The molecule has 1 aliphatic rings. The van der Waals surface area contributed by atoms with Crippen molar-refractivity contribution in [3.8, 4) is 11.3 Å². The largest absolute Gasteiger partial charge is 0.465 e. The van der Waals surface area contributed by atoms with E-state index < -0.39 is 35.3 Å². The van der Waals surface area contributed by atoms with Crippen molar-refractivity contribution in [2.45, 2.75) is 78.0 Å². The molecule has 3 N–H and O–H groups in total. The summed E-state index contributed by atoms with van der Waals surface area (Å²) in [7, 11) is 0. The minimum Gasteiger partial charge on any atom is -0.465 e. The number of benzene rings is 2. The van der Waals surface area contributed by atoms with E-state index in [1.54, 1.807) is 45.0 Å². The summed E-state index contributed by atoms with van der Waals surface area (Å²) in [5.74, 6) is -0.679. The molecule has 0 saturated carbocycles. The molecule has 10 nitrogen and oxygen atoms in total. The van der Waals surface area contributed by atoms with Gasteiger partial charge in [0.1, 0.15) is 35.0 Å². The fourth-order valence-electron chi connectivity index (χ4n) is 5.39. The van der Waals surface area contributed by atoms with Gasteiger partial charge in [-0.3, -0.25) is 14.5 Å². The third-order valence-corrected chi connectivity index (χ3v) is 7.50. The predicted octanol–water partition coefficient (Wildman–Crippen LogP) is 5.76. The van der Waals surface area contributed by atoms with Crippen molar-refractivity contribution in [1.29, 1.82) is 0 Å². The van der Waals surface area contributed by atoms with E-state index in [9.17, 15) is 28.3 Å². The lowest BCUT2D eigenvalue weighted by Crippen LogP contribution is -2.59. The van der Waals surface area contributed by atoms with Crippen molar-refractivity contribution in [3.05, 3.63) is 66.0 Å². The van der Waals surface area contributed by atoms with Crippen LogP contribution in [0.15, 0.2) is 48.5 Å². The zero-order valence-corrected chi connectivity index (χ0v) is 25.6. The molecule has 0 spiro atoms. The number of hydrogen-bond acceptors (Lipinski definition) is 5. The first-order valence-corrected chi connectivity index (χ1v) is 14.8. The molecule has 0 radical (unpaired) electrons. The Morgan fingerprint density at radius 1 is 1.05 bits per heavy atom. The Balaban J connectivity index is 1.65. The molecule has 0 fully saturated rings. The summed E-state index contributed by atoms with van der Waals surface area (Å²) in [6.45, 7) is 8.10. The van der Waals surface area contributed by atoms with Gasteiger partial charge in [-0.05, 0) is 63.6 Å². The molecule has 3 aromatic rings. The van der Waals surface area contributed by atoms with Crippen molar-refractivity contribution in [2.24, 2.45) is 0 Å². The quantitative estimate of drug-likeness (QED) is 0.238. The number of aromatic nitrogens is 2. The van der Waals surface area contributed by atoms with Crippen molar-refractivity contribution < 1.29 is 28.3 Å². The average molecular weight is 611 g/mol. The van der Waals surface area contributed by atoms with Gasteiger partial charge in [0.2, 0.25) is 11.8 Å². The summed E-state index contributed by atoms with van der Waals surface area (Å²) < 4.78 is 29.7. The Hall–Kier alpha value is -4.48. The van der Waals surface area contributed by atoms with E-state index in [0.29, 0.717) is 41.7 Å². The minimum absolute atomic E-state index is 0.0401. The first-order chi connectivity index (χ1) is 20.9. The van der Waals surface area contributed by atoms with Gasteiger partial charge in [0.05, 0.1) is 13.0 Å². The van der Waals surface area contributed by atoms with Gasteiger partial charge in [0.15, 0.2) is 0 Å². The zero-order valence-electron chi connectivity index (χ0n) is 25.6. The topological polar surface area (TPSA) is 120 Å². The Kier molecular flexibility index (Phi) is 10.2. The molecule has 44 heavy (non-hydrogen) atoms. The number of fused-ring (bicyclic) bond motifs is 1. The van der Waals surface area contributed by atoms with Crippen LogP contribution >= 0.6 is 0 Å². The van der Waals surface area contributed by atoms with Gasteiger partial charge in [0.25, 0.3) is 0 Å². The summed E-state index contributed by atoms with van der Waals surface area (Å²) >= 11 is 0. The molecule has 0 saturated heterocycles. The van der Waals surface area contributed by atoms with Crippen LogP contribution in [0.5, 0.6) is 0 Å². The van der Waals surface area contributed by atoms with Crippen LogP contribution in [-0.2, 0) is 22.7 Å². The summed E-state index contributed by atoms with van der Waals surface area (Å²) in [5.41, 5.74) is 0.594. The van der Waals surface area contributed by atoms with Crippen molar-refractivity contribution >= 4 is 29.4 Å². The lowest BCUT2D eigenvalue weighted by Gasteiger charge is -2.41. The highest BCUT2D eigenvalue weighted by Gasteiger charge is 2.41. The molecule has 1 aliphatic heterocycles. The number of anilines is 2. The lowest BCUT2D eigenvalue weighted by atomic mass is 10.00. The predicted molar refractivity (Wildman–Crippen MR) is 163 cm³/mol. The zero-order chi connectivity index (χ0) is 32.0. The second-order valence-corrected chi connectivity index (χ2v) is 11.9. The molecule has 2 aromatic carbocycles. The highest BCUT2D eigenvalue weighted by Crippen LogP contribution is 2.34. The summed E-state index contributed by atoms with van der Waals surface area (Å²) in [6, 6.07) is 10.5. The summed E-state index contributed by atoms with van der Waals surface area (Å²) in [4.78, 5) is 46.7. The van der Waals surface area contributed by atoms with Gasteiger partial charge in [-0.15, -0.1) is 0 Å². The molecule has 12 heteroatoms. The van der Waals surface area contributed by atoms with E-state index in [1.807, 2.05) is 4.57 Å². The maximum atomic E-state index is 14.2. The standard InChI is InChI=1S/C32H40F2N6O4/c1-5-6-7-15-35-27(41)19-25(40(31(43)44)32(2,3)4)30(42)38-16-17-39-26(20-38)37-28(21-9-8-10-23(34)18-21)29(39)36-24-13-11-22(33)12-14-24/h8-14,18,25,36H,5-7,15-17,19-20H2,1-4H3,(H,35,41)(H,43,44)/t25-/m0/s1. The maximum absolute atomic E-state index is 14.2. The molecule has 1 aromatic heterocycles. The average Bonchev–Trinajstić information content (AvgIpc) is 3.32. The van der Waals surface area contributed by atoms with Crippen LogP contribution in [0.4, 0.5) is 25.1 Å². The lowest BCUT2D eigenvalue weighted by molar-refractivity contribution is -0.142. The van der Waals surface area contributed by atoms with Gasteiger partial charge in [0, 0.05) is 36.4 Å². The van der Waals surface area contributed by atoms with E-state index in [0.717, 1.165) is 24.2 Å². The van der Waals surface area contributed by atoms with Crippen LogP contribution in [0.1, 0.15) is 59.2 Å². The van der Waals surface area contributed by atoms with Gasteiger partial charge >= 0.3 is 6.09 Å². The monoisotopic (exact) mass is 610 g/mol. The van der Waals surface area contributed by atoms with E-state index >= 15 is 0 Å². The molecule has 1 atom stereocenters. The first-order valence-electron chi connectivity index (χ1n) is 14.8. The highest BCUT2D eigenvalue weighted by molar-refractivity contribution is 5.91. The third-order valence-electron chi connectivity index (χ3n) is 7.50. The van der Waals surface area contributed by atoms with Crippen LogP contribution in [-0.4, -0.2) is 67.0 Å². The molecule has 236 valence electrons. The van der Waals surface area contributed by atoms with Crippen LogP contribution in [0.25, 0.3) is 11.3 Å². The first kappa shape index (κ1) is 32.4. The maximum Gasteiger partial charge on any atom is 0.408 e. The molecular weight excluding hydrogens is 570 g/mol. The summed E-state index contributed by atoms with van der Waals surface area (Å²) in [5, 5.41) is 16.2. The number of carbonyl (C=O) groups excluding carboxylic acids is 2. The van der Waals surface area contributed by atoms with Gasteiger partial charge in [-0.1, -0.05) is 31.9 Å². The normalized spacial score (nSPS) is 13.6. The van der Waals surface area contributed by atoms with E-state index in [-0.39, 0.29) is 25.3 Å². The Morgan fingerprint density at radius 3 is 2.41 bits per heavy atom. The van der Waals surface area contributed by atoms with Crippen molar-refractivity contribution in [3.63, 3.8) is 0 Å². The van der Waals surface area contributed by atoms with Crippen LogP contribution in [0.3, 0.4) is 0 Å². The number of nitrogens with one attached hydrogen (secondary N) is 2. The molecule has 4 rings (SSSR count). The number of carbonyl (C=O) groups is 3. The van der Waals surface area contributed by atoms with E-state index in [4.69, 9.17) is 4.98 Å². The van der Waals surface area contributed by atoms with Crippen LogP contribution < -0.4 is 10.6 Å². The SMILES string of the molecule is CCCCCNC(=O)C[C@@H](C(=O)N1CCn2c(nc(-c3cccc(F)c3)c2Nc2ccc(F)cc2)C1)N(C(=O)O)C(C)(C)C. The highest BCUT2D eigenvalue weighted by atomic mass is 19.1. The number of halogens is 2. The third kappa shape index (κ3) is 7.72. The fraction of sp³-hybridized carbons (Fsp3) is 0.438. The molecular formula is C32H40F2N6O4. The minimum atomic E-state index is -1.30. The van der Waals surface area contributed by atoms with Gasteiger partial charge < -0.3 is 25.2 Å². The molecule has 0 bridgehead atoms. The molecule has 0 aliphatic carbocycles. The second kappa shape index (κ2) is 13.9. The number of hydrogen-bond donors (Lipinski definition) is 3. The van der Waals surface area contributed by atoms with E-state index in [1.165, 1.54) is 29.2 Å². The van der Waals surface area contributed by atoms with Crippen LogP contribution in [0.2, 0.25) is 0 Å². The van der Waals surface area contributed by atoms with Gasteiger partial charge in [-0.2, -0.15) is 0 Å².